The van der Waals surface area contributed by atoms with Gasteiger partial charge in [0.25, 0.3) is 0 Å². The van der Waals surface area contributed by atoms with Crippen LogP contribution >= 0.6 is 23.2 Å². The molecule has 21 heavy (non-hydrogen) atoms. The molecule has 0 radical (unpaired) electrons. The lowest BCUT2D eigenvalue weighted by Crippen LogP contribution is -2.18. The third-order valence-electron chi connectivity index (χ3n) is 3.49. The van der Waals surface area contributed by atoms with E-state index < -0.39 is 0 Å². The van der Waals surface area contributed by atoms with Crippen LogP contribution < -0.4 is 5.32 Å². The summed E-state index contributed by atoms with van der Waals surface area (Å²) in [5, 5.41) is 4.77. The van der Waals surface area contributed by atoms with Crippen LogP contribution in [-0.2, 0) is 6.42 Å². The number of halogens is 2. The normalized spacial score (nSPS) is 12.7. The zero-order valence-corrected chi connectivity index (χ0v) is 14.2. The average molecular weight is 322 g/mol. The maximum atomic E-state index is 6.35. The van der Waals surface area contributed by atoms with Crippen LogP contribution in [0.5, 0.6) is 0 Å². The van der Waals surface area contributed by atoms with Crippen LogP contribution in [-0.4, -0.2) is 7.05 Å². The van der Waals surface area contributed by atoms with E-state index in [2.05, 4.69) is 43.4 Å². The fraction of sp³-hybridized carbons (Fsp3) is 0.333. The van der Waals surface area contributed by atoms with Gasteiger partial charge in [0.05, 0.1) is 6.04 Å². The van der Waals surface area contributed by atoms with E-state index in [-0.39, 0.29) is 6.04 Å². The summed E-state index contributed by atoms with van der Waals surface area (Å²) in [6, 6.07) is 14.3. The zero-order chi connectivity index (χ0) is 15.4. The number of hydrogen-bond donors (Lipinski definition) is 1. The second-order valence-electron chi connectivity index (χ2n) is 5.73. The molecule has 3 heteroatoms. The molecule has 0 fully saturated rings. The molecule has 1 nitrogen and oxygen atoms in total. The molecule has 1 unspecified atom stereocenters. The minimum atomic E-state index is 0.0447. The van der Waals surface area contributed by atoms with Crippen molar-refractivity contribution in [3.05, 3.63) is 69.2 Å². The van der Waals surface area contributed by atoms with E-state index in [4.69, 9.17) is 23.2 Å². The number of rotatable bonds is 5. The summed E-state index contributed by atoms with van der Waals surface area (Å²) in [4.78, 5) is 0. The molecule has 0 saturated heterocycles. The summed E-state index contributed by atoms with van der Waals surface area (Å²) in [6.07, 6.45) is 1.08. The first kappa shape index (κ1) is 16.4. The van der Waals surface area contributed by atoms with E-state index in [0.29, 0.717) is 10.9 Å². The zero-order valence-electron chi connectivity index (χ0n) is 12.7. The molecule has 0 spiro atoms. The van der Waals surface area contributed by atoms with E-state index in [0.717, 1.165) is 17.0 Å². The first-order valence-electron chi connectivity index (χ1n) is 7.22. The van der Waals surface area contributed by atoms with Crippen LogP contribution in [0.2, 0.25) is 10.0 Å². The van der Waals surface area contributed by atoms with Gasteiger partial charge in [0.1, 0.15) is 0 Å². The van der Waals surface area contributed by atoms with Gasteiger partial charge in [-0.15, -0.1) is 0 Å². The predicted molar refractivity (Wildman–Crippen MR) is 92.3 cm³/mol. The van der Waals surface area contributed by atoms with Crippen molar-refractivity contribution in [2.45, 2.75) is 26.3 Å². The lowest BCUT2D eigenvalue weighted by atomic mass is 9.94. The third kappa shape index (κ3) is 4.23. The molecule has 0 aromatic heterocycles. The minimum Gasteiger partial charge on any atom is -0.309 e. The van der Waals surface area contributed by atoms with Crippen LogP contribution in [0.15, 0.2) is 42.5 Å². The van der Waals surface area contributed by atoms with Gasteiger partial charge in [0, 0.05) is 10.0 Å². The quantitative estimate of drug-likeness (QED) is 0.766. The van der Waals surface area contributed by atoms with Gasteiger partial charge in [0.2, 0.25) is 0 Å². The summed E-state index contributed by atoms with van der Waals surface area (Å²) in [5.41, 5.74) is 3.56. The molecule has 0 amide bonds. The van der Waals surface area contributed by atoms with Crippen molar-refractivity contribution < 1.29 is 0 Å². The van der Waals surface area contributed by atoms with Crippen LogP contribution in [0.3, 0.4) is 0 Å². The second kappa shape index (κ2) is 7.31. The van der Waals surface area contributed by atoms with Crippen LogP contribution in [0.25, 0.3) is 0 Å². The lowest BCUT2D eigenvalue weighted by molar-refractivity contribution is 0.643. The number of nitrogens with one attached hydrogen (secondary N) is 1. The van der Waals surface area contributed by atoms with Gasteiger partial charge in [-0.25, -0.2) is 0 Å². The van der Waals surface area contributed by atoms with Gasteiger partial charge in [0.15, 0.2) is 0 Å². The predicted octanol–water partition coefficient (Wildman–Crippen LogP) is 5.50. The summed E-state index contributed by atoms with van der Waals surface area (Å²) < 4.78 is 0. The molecule has 0 aliphatic rings. The summed E-state index contributed by atoms with van der Waals surface area (Å²) in [7, 11) is 1.94. The molecular formula is C18H21Cl2N. The Morgan fingerprint density at radius 3 is 2.48 bits per heavy atom. The molecule has 2 aromatic rings. The van der Waals surface area contributed by atoms with Gasteiger partial charge >= 0.3 is 0 Å². The maximum Gasteiger partial charge on any atom is 0.0589 e. The topological polar surface area (TPSA) is 12.0 Å². The fourth-order valence-electron chi connectivity index (χ4n) is 2.61. The largest absolute Gasteiger partial charge is 0.309 e. The van der Waals surface area contributed by atoms with Gasteiger partial charge < -0.3 is 5.32 Å². The SMILES string of the molecule is CNC(c1cccc(CC(C)C)c1)c1cc(Cl)ccc1Cl. The molecule has 0 bridgehead atoms. The third-order valence-corrected chi connectivity index (χ3v) is 4.07. The molecule has 0 aliphatic carbocycles. The summed E-state index contributed by atoms with van der Waals surface area (Å²) in [6.45, 7) is 4.46. The van der Waals surface area contributed by atoms with Gasteiger partial charge in [-0.3, -0.25) is 0 Å². The monoisotopic (exact) mass is 321 g/mol. The van der Waals surface area contributed by atoms with Crippen LogP contribution in [0.1, 0.15) is 36.6 Å². The number of benzene rings is 2. The summed E-state index contributed by atoms with van der Waals surface area (Å²) in [5.74, 6) is 0.642. The molecule has 1 N–H and O–H groups in total. The Morgan fingerprint density at radius 1 is 1.05 bits per heavy atom. The van der Waals surface area contributed by atoms with Gasteiger partial charge in [-0.2, -0.15) is 0 Å². The molecule has 0 aliphatic heterocycles. The average Bonchev–Trinajstić information content (AvgIpc) is 2.43. The standard InChI is InChI=1S/C18H21Cl2N/c1-12(2)9-13-5-4-6-14(10-13)18(21-3)16-11-15(19)7-8-17(16)20/h4-8,10-12,18,21H,9H2,1-3H3. The van der Waals surface area contributed by atoms with Gasteiger partial charge in [-0.05, 0) is 54.3 Å². The van der Waals surface area contributed by atoms with E-state index in [1.165, 1.54) is 11.1 Å². The minimum absolute atomic E-state index is 0.0447. The molecule has 1 atom stereocenters. The highest BCUT2D eigenvalue weighted by atomic mass is 35.5. The molecular weight excluding hydrogens is 301 g/mol. The van der Waals surface area contributed by atoms with Crippen molar-refractivity contribution in [2.24, 2.45) is 5.92 Å². The van der Waals surface area contributed by atoms with Crippen LogP contribution in [0, 0.1) is 5.92 Å². The second-order valence-corrected chi connectivity index (χ2v) is 6.57. The molecule has 0 saturated carbocycles. The van der Waals surface area contributed by atoms with Crippen molar-refractivity contribution in [3.8, 4) is 0 Å². The van der Waals surface area contributed by atoms with Gasteiger partial charge in [-0.1, -0.05) is 61.3 Å². The lowest BCUT2D eigenvalue weighted by Gasteiger charge is -2.20. The maximum absolute atomic E-state index is 6.35. The Morgan fingerprint density at radius 2 is 1.81 bits per heavy atom. The fourth-order valence-corrected chi connectivity index (χ4v) is 3.02. The first-order valence-corrected chi connectivity index (χ1v) is 7.98. The Kier molecular flexibility index (Phi) is 5.69. The smallest absolute Gasteiger partial charge is 0.0589 e. The Bertz CT molecular complexity index is 608. The highest BCUT2D eigenvalue weighted by molar-refractivity contribution is 6.33. The van der Waals surface area contributed by atoms with Crippen molar-refractivity contribution in [1.29, 1.82) is 0 Å². The molecule has 0 heterocycles. The van der Waals surface area contributed by atoms with E-state index >= 15 is 0 Å². The van der Waals surface area contributed by atoms with Crippen molar-refractivity contribution >= 4 is 23.2 Å². The first-order chi connectivity index (χ1) is 10.0. The highest BCUT2D eigenvalue weighted by Crippen LogP contribution is 2.31. The Labute approximate surface area is 137 Å². The van der Waals surface area contributed by atoms with Crippen molar-refractivity contribution in [2.75, 3.05) is 7.05 Å². The highest BCUT2D eigenvalue weighted by Gasteiger charge is 2.16. The van der Waals surface area contributed by atoms with Crippen molar-refractivity contribution in [3.63, 3.8) is 0 Å². The Balaban J connectivity index is 2.39. The summed E-state index contributed by atoms with van der Waals surface area (Å²) >= 11 is 12.5. The van der Waals surface area contributed by atoms with Crippen LogP contribution in [0.4, 0.5) is 0 Å². The van der Waals surface area contributed by atoms with Crippen molar-refractivity contribution in [1.82, 2.24) is 5.32 Å². The Hall–Kier alpha value is -1.02. The van der Waals surface area contributed by atoms with E-state index in [1.807, 2.05) is 25.2 Å². The molecule has 2 aromatic carbocycles. The van der Waals surface area contributed by atoms with E-state index in [9.17, 15) is 0 Å². The molecule has 112 valence electrons. The van der Waals surface area contributed by atoms with E-state index in [1.54, 1.807) is 0 Å². The molecule has 2 rings (SSSR count). The number of hydrogen-bond acceptors (Lipinski definition) is 1.